The Balaban J connectivity index is 1.22. The molecule has 476 valence electrons. The number of phenols is 1. The molecule has 0 bridgehead atoms. The third-order valence-corrected chi connectivity index (χ3v) is 15.3. The number of para-hydroxylation sites is 1. The van der Waals surface area contributed by atoms with Gasteiger partial charge in [0, 0.05) is 74.3 Å². The lowest BCUT2D eigenvalue weighted by Gasteiger charge is -2.35. The number of aliphatic hydroxyl groups is 2. The average Bonchev–Trinajstić information content (AvgIpc) is 2.39. The van der Waals surface area contributed by atoms with Crippen molar-refractivity contribution in [2.75, 3.05) is 32.9 Å². The van der Waals surface area contributed by atoms with Crippen LogP contribution in [-0.2, 0) is 56.0 Å². The fraction of sp³-hybridized carbons (Fsp3) is 0.559. The number of H-pyrrole nitrogens is 1. The monoisotopic (exact) mass is 1210 g/mol. The molecule has 1 aromatic heterocycles. The van der Waals surface area contributed by atoms with Crippen molar-refractivity contribution in [3.63, 3.8) is 0 Å². The van der Waals surface area contributed by atoms with Gasteiger partial charge in [-0.05, 0) is 93.0 Å². The molecule has 0 saturated carbocycles. The summed E-state index contributed by atoms with van der Waals surface area (Å²) in [4.78, 5) is 130. The Morgan fingerprint density at radius 2 is 1.31 bits per heavy atom. The predicted octanol–water partition coefficient (Wildman–Crippen LogP) is -2.02. The molecule has 0 aliphatic carbocycles. The van der Waals surface area contributed by atoms with E-state index in [9.17, 15) is 58.5 Å². The number of rotatable bonds is 33. The Labute approximate surface area is 505 Å². The van der Waals surface area contributed by atoms with Crippen LogP contribution in [0, 0.1) is 17.2 Å². The quantitative estimate of drug-likeness (QED) is 0.0178. The summed E-state index contributed by atoms with van der Waals surface area (Å²) < 4.78 is 0. The lowest BCUT2D eigenvalue weighted by molar-refractivity contribution is -0.136. The van der Waals surface area contributed by atoms with Crippen LogP contribution in [0.2, 0.25) is 0 Å². The van der Waals surface area contributed by atoms with Crippen molar-refractivity contribution >= 4 is 70.0 Å². The Morgan fingerprint density at radius 3 is 1.90 bits per heavy atom. The number of aromatic nitrogens is 1. The van der Waals surface area contributed by atoms with E-state index in [0.29, 0.717) is 55.8 Å². The van der Waals surface area contributed by atoms with Crippen LogP contribution in [0.4, 0.5) is 0 Å². The molecule has 3 aliphatic rings. The highest BCUT2D eigenvalue weighted by Gasteiger charge is 2.40. The van der Waals surface area contributed by atoms with Gasteiger partial charge < -0.3 is 89.8 Å². The summed E-state index contributed by atoms with van der Waals surface area (Å²) in [5, 5.41) is 74.4. The van der Waals surface area contributed by atoms with Crippen LogP contribution in [-0.4, -0.2) is 178 Å². The highest BCUT2D eigenvalue weighted by molar-refractivity contribution is 5.99. The molecule has 0 spiro atoms. The minimum absolute atomic E-state index is 0.0391. The lowest BCUT2D eigenvalue weighted by atomic mass is 9.98. The Morgan fingerprint density at radius 1 is 0.724 bits per heavy atom. The Kier molecular flexibility index (Phi) is 25.5. The molecule has 3 aliphatic heterocycles. The maximum Gasteiger partial charge on any atom is 0.245 e. The summed E-state index contributed by atoms with van der Waals surface area (Å²) in [6, 6.07) is 2.11. The normalized spacial score (nSPS) is 18.4. The Bertz CT molecular complexity index is 2920. The van der Waals surface area contributed by atoms with Gasteiger partial charge in [-0.3, -0.25) is 53.5 Å². The molecule has 9 amide bonds. The van der Waals surface area contributed by atoms with Crippen LogP contribution in [0.1, 0.15) is 104 Å². The van der Waals surface area contributed by atoms with Gasteiger partial charge in [-0.15, -0.1) is 0 Å². The van der Waals surface area contributed by atoms with E-state index in [1.165, 1.54) is 24.3 Å². The summed E-state index contributed by atoms with van der Waals surface area (Å²) >= 11 is 0. The number of benzene rings is 2. The van der Waals surface area contributed by atoms with Crippen LogP contribution >= 0.6 is 0 Å². The number of carbonyl (C=O) groups is 9. The van der Waals surface area contributed by atoms with Crippen LogP contribution in [0.15, 0.2) is 66.6 Å². The molecule has 87 heavy (non-hydrogen) atoms. The number of aromatic hydroxyl groups is 1. The zero-order chi connectivity index (χ0) is 63.3. The fourth-order valence-electron chi connectivity index (χ4n) is 10.8. The molecule has 19 N–H and O–H groups in total. The lowest BCUT2D eigenvalue weighted by Crippen LogP contribution is -2.61. The number of amides is 9. The van der Waals surface area contributed by atoms with Gasteiger partial charge in [-0.1, -0.05) is 58.0 Å². The molecule has 10 atom stereocenters. The number of nitrogens with one attached hydrogen (secondary N) is 14. The first-order valence-electron chi connectivity index (χ1n) is 29.8. The molecule has 4 unspecified atom stereocenters. The first-order valence-corrected chi connectivity index (χ1v) is 29.8. The number of likely N-dealkylation sites (tertiary alicyclic amines) is 1. The van der Waals surface area contributed by atoms with Gasteiger partial charge in [0.2, 0.25) is 53.2 Å². The SMILES string of the molecule is CCNC(=O)C1CCCN1C(O)C(CCCNC(=N)N)NC(=O)C(CC(C)C)NC(=O)[C@@H](CC(C)C)NC(=O)[C@H](Cc1ccc(O)cc1)NC(=O)[C@H](CO)NC(=O)[C@H](Cc1c[nH]c2ccccc12)NC(=O)[C@H](CC1=CNCN1)NC(=O)[C@@H]1CCC(=O)N1. The number of nitrogens with zero attached hydrogens (tertiary/aromatic N) is 1. The molecule has 2 aromatic carbocycles. The number of aliphatic hydroxyl groups excluding tert-OH is 2. The molecule has 3 aromatic rings. The minimum Gasteiger partial charge on any atom is -0.508 e. The second-order valence-electron chi connectivity index (χ2n) is 23.1. The summed E-state index contributed by atoms with van der Waals surface area (Å²) in [7, 11) is 0. The van der Waals surface area contributed by atoms with Crippen molar-refractivity contribution in [2.24, 2.45) is 17.6 Å². The minimum atomic E-state index is -1.74. The number of carbonyl (C=O) groups excluding carboxylic acids is 9. The third kappa shape index (κ3) is 20.3. The van der Waals surface area contributed by atoms with Gasteiger partial charge in [0.05, 0.1) is 25.4 Å². The largest absolute Gasteiger partial charge is 0.508 e. The van der Waals surface area contributed by atoms with E-state index in [0.717, 1.165) is 10.9 Å². The number of nitrogens with two attached hydrogens (primary N) is 1. The zero-order valence-corrected chi connectivity index (χ0v) is 50.1. The summed E-state index contributed by atoms with van der Waals surface area (Å²) in [6.07, 6.45) is 3.76. The van der Waals surface area contributed by atoms with Crippen LogP contribution in [0.5, 0.6) is 5.75 Å². The van der Waals surface area contributed by atoms with Crippen molar-refractivity contribution in [1.82, 2.24) is 73.7 Å². The number of phenolic OH excluding ortho intramolecular Hbond substituents is 1. The highest BCUT2D eigenvalue weighted by Crippen LogP contribution is 2.24. The van der Waals surface area contributed by atoms with Crippen LogP contribution < -0.4 is 69.5 Å². The first-order chi connectivity index (χ1) is 41.5. The van der Waals surface area contributed by atoms with Gasteiger partial charge >= 0.3 is 0 Å². The van der Waals surface area contributed by atoms with E-state index in [2.05, 4.69) is 68.8 Å². The van der Waals surface area contributed by atoms with Gasteiger partial charge in [0.15, 0.2) is 5.96 Å². The van der Waals surface area contributed by atoms with E-state index < -0.39 is 109 Å². The molecule has 0 radical (unpaired) electrons. The van der Waals surface area contributed by atoms with Crippen molar-refractivity contribution < 1.29 is 58.5 Å². The maximum atomic E-state index is 14.7. The number of fused-ring (bicyclic) bond motifs is 1. The van der Waals surface area contributed by atoms with Crippen LogP contribution in [0.3, 0.4) is 0 Å². The number of hydrogen-bond donors (Lipinski definition) is 18. The fourth-order valence-corrected chi connectivity index (χ4v) is 10.8. The summed E-state index contributed by atoms with van der Waals surface area (Å²) in [5.41, 5.74) is 7.86. The molecular weight excluding hydrogens is 1120 g/mol. The molecule has 6 rings (SSSR count). The Hall–Kier alpha value is -8.50. The topological polar surface area (TPSA) is 428 Å². The second-order valence-corrected chi connectivity index (χ2v) is 23.1. The van der Waals surface area contributed by atoms with Gasteiger partial charge in [0.25, 0.3) is 0 Å². The van der Waals surface area contributed by atoms with Gasteiger partial charge in [0.1, 0.15) is 54.3 Å². The van der Waals surface area contributed by atoms with Crippen molar-refractivity contribution in [1.29, 1.82) is 5.41 Å². The molecule has 4 heterocycles. The van der Waals surface area contributed by atoms with E-state index in [-0.39, 0.29) is 93.3 Å². The van der Waals surface area contributed by atoms with Crippen LogP contribution in [0.25, 0.3) is 10.9 Å². The van der Waals surface area contributed by atoms with E-state index >= 15 is 0 Å². The number of likely N-dealkylation sites (N-methyl/N-ethyl adjacent to an activating group) is 1. The summed E-state index contributed by atoms with van der Waals surface area (Å²) in [6.45, 7) is 9.51. The molecule has 28 heteroatoms. The van der Waals surface area contributed by atoms with E-state index in [1.54, 1.807) is 30.3 Å². The zero-order valence-electron chi connectivity index (χ0n) is 50.1. The summed E-state index contributed by atoms with van der Waals surface area (Å²) in [5.74, 6) is -6.87. The molecule has 28 nitrogen and oxygen atoms in total. The molecular formula is C59H88N16O12. The van der Waals surface area contributed by atoms with Crippen molar-refractivity contribution in [2.45, 2.75) is 166 Å². The first kappa shape index (κ1) is 67.6. The smallest absolute Gasteiger partial charge is 0.245 e. The van der Waals surface area contributed by atoms with Crippen molar-refractivity contribution in [3.8, 4) is 5.75 Å². The van der Waals surface area contributed by atoms with E-state index in [4.69, 9.17) is 11.1 Å². The number of guanidine groups is 1. The second kappa shape index (κ2) is 32.9. The standard InChI is InChI=1S/C59H88N16O12/c1-6-63-57(86)48-14-10-22-75(48)58(87)41(13-9-21-64-59(60)61)68-51(80)42(23-32(2)3)69-52(81)43(24-33(4)5)70-53(82)44(25-34-15-17-37(77)18-16-34)71-56(85)47(30-76)74-54(83)45(26-35-28-65-39-12-8-7-11-38(35)39)72-55(84)46(27-36-29-62-31-66-36)73-50(79)40-19-20-49(78)67-40/h7-8,11-12,15-18,28-29,32-33,40-48,58,62,65-66,76-77,87H,6,9-10,13-14,19-27,30-31H2,1-5H3,(H,63,86)(H,67,78)(H,68,80)(H,69,81)(H,70,82)(H,71,85)(H,72,84)(H,73,79)(H,74,83)(H4,60,61,64)/t40-,41?,42?,43+,44-,45-,46-,47-,48?,58?/m0/s1. The van der Waals surface area contributed by atoms with Gasteiger partial charge in [-0.2, -0.15) is 0 Å². The highest BCUT2D eigenvalue weighted by atomic mass is 16.3. The number of aromatic amines is 1. The van der Waals surface area contributed by atoms with Crippen molar-refractivity contribution in [3.05, 3.63) is 77.8 Å². The average molecular weight is 1210 g/mol. The van der Waals surface area contributed by atoms with Gasteiger partial charge in [-0.25, -0.2) is 0 Å². The maximum absolute atomic E-state index is 14.7. The predicted molar refractivity (Wildman–Crippen MR) is 322 cm³/mol. The number of hydrogen-bond acceptors (Lipinski definition) is 16. The molecule has 2 fully saturated rings. The molecule has 2 saturated heterocycles. The van der Waals surface area contributed by atoms with E-state index in [1.807, 2.05) is 45.9 Å². The third-order valence-electron chi connectivity index (χ3n) is 15.3.